The molecule has 1 nitrogen and oxygen atoms in total. The topological polar surface area (TPSA) is 12.0 Å². The zero-order valence-corrected chi connectivity index (χ0v) is 11.7. The van der Waals surface area contributed by atoms with Crippen molar-refractivity contribution in [1.82, 2.24) is 5.32 Å². The molecule has 0 aromatic rings. The molecule has 1 saturated carbocycles. The van der Waals surface area contributed by atoms with Gasteiger partial charge in [-0.2, -0.15) is 0 Å². The molecule has 98 valence electrons. The Labute approximate surface area is 107 Å². The van der Waals surface area contributed by atoms with Gasteiger partial charge in [-0.25, -0.2) is 0 Å². The number of hydrogen-bond donors (Lipinski definition) is 1. The zero-order valence-electron chi connectivity index (χ0n) is 11.7. The molecular weight excluding hydrogens is 206 g/mol. The number of allylic oxidation sites excluding steroid dienone is 1. The highest BCUT2D eigenvalue weighted by atomic mass is 14.9. The highest BCUT2D eigenvalue weighted by Crippen LogP contribution is 2.44. The van der Waals surface area contributed by atoms with Gasteiger partial charge in [0.1, 0.15) is 0 Å². The second-order valence-electron chi connectivity index (χ2n) is 6.27. The van der Waals surface area contributed by atoms with Gasteiger partial charge in [0.2, 0.25) is 0 Å². The van der Waals surface area contributed by atoms with Crippen LogP contribution in [0.2, 0.25) is 0 Å². The summed E-state index contributed by atoms with van der Waals surface area (Å²) >= 11 is 0. The normalized spacial score (nSPS) is 25.6. The summed E-state index contributed by atoms with van der Waals surface area (Å²) in [6, 6.07) is 0.672. The molecule has 0 radical (unpaired) electrons. The maximum Gasteiger partial charge on any atom is 0.0333 e. The van der Waals surface area contributed by atoms with Gasteiger partial charge in [-0.15, -0.1) is 0 Å². The minimum absolute atomic E-state index is 0.540. The lowest BCUT2D eigenvalue weighted by atomic mass is 9.74. The van der Waals surface area contributed by atoms with Crippen molar-refractivity contribution in [1.29, 1.82) is 0 Å². The van der Waals surface area contributed by atoms with E-state index in [1.807, 2.05) is 0 Å². The summed E-state index contributed by atoms with van der Waals surface area (Å²) in [6.45, 7) is 5.97. The molecule has 0 aliphatic heterocycles. The quantitative estimate of drug-likeness (QED) is 0.695. The van der Waals surface area contributed by atoms with Gasteiger partial charge in [0, 0.05) is 6.04 Å². The first-order valence-corrected chi connectivity index (χ1v) is 7.68. The van der Waals surface area contributed by atoms with Gasteiger partial charge in [0.25, 0.3) is 0 Å². The Kier molecular flexibility index (Phi) is 4.67. The van der Waals surface area contributed by atoms with E-state index in [4.69, 9.17) is 0 Å². The molecular formula is C16H29N. The van der Waals surface area contributed by atoms with E-state index in [-0.39, 0.29) is 0 Å². The van der Waals surface area contributed by atoms with Crippen molar-refractivity contribution in [3.63, 3.8) is 0 Å². The van der Waals surface area contributed by atoms with Crippen LogP contribution in [-0.2, 0) is 0 Å². The van der Waals surface area contributed by atoms with Crippen LogP contribution in [0.25, 0.3) is 0 Å². The third-order valence-corrected chi connectivity index (χ3v) is 4.74. The molecule has 0 aromatic heterocycles. The predicted molar refractivity (Wildman–Crippen MR) is 75.2 cm³/mol. The lowest BCUT2D eigenvalue weighted by Crippen LogP contribution is -2.44. The van der Waals surface area contributed by atoms with Gasteiger partial charge in [-0.05, 0) is 56.9 Å². The maximum atomic E-state index is 3.85. The molecule has 0 saturated heterocycles. The maximum absolute atomic E-state index is 3.85. The van der Waals surface area contributed by atoms with E-state index in [2.05, 4.69) is 25.2 Å². The molecule has 1 heteroatoms. The Hall–Kier alpha value is -0.300. The van der Waals surface area contributed by atoms with Crippen molar-refractivity contribution in [3.8, 4) is 0 Å². The number of hydrogen-bond acceptors (Lipinski definition) is 1. The Morgan fingerprint density at radius 1 is 1.24 bits per heavy atom. The van der Waals surface area contributed by atoms with Crippen LogP contribution >= 0.6 is 0 Å². The molecule has 17 heavy (non-hydrogen) atoms. The molecule has 0 aromatic carbocycles. The van der Waals surface area contributed by atoms with E-state index < -0.39 is 0 Å². The number of rotatable bonds is 5. The smallest absolute Gasteiger partial charge is 0.0333 e. The standard InChI is InChI=1S/C16H29N/c1-3-13-17-15(14-9-5-4-6-10-14)16(2)11-7-8-12-16/h9,15,17H,3-8,10-13H2,1-2H3. The van der Waals surface area contributed by atoms with Gasteiger partial charge in [0.15, 0.2) is 0 Å². The molecule has 2 aliphatic rings. The van der Waals surface area contributed by atoms with Gasteiger partial charge < -0.3 is 5.32 Å². The highest BCUT2D eigenvalue weighted by molar-refractivity contribution is 5.18. The minimum Gasteiger partial charge on any atom is -0.310 e. The van der Waals surface area contributed by atoms with Crippen LogP contribution in [0.15, 0.2) is 11.6 Å². The Morgan fingerprint density at radius 3 is 2.59 bits per heavy atom. The molecule has 1 fully saturated rings. The summed E-state index contributed by atoms with van der Waals surface area (Å²) in [7, 11) is 0. The fraction of sp³-hybridized carbons (Fsp3) is 0.875. The summed E-state index contributed by atoms with van der Waals surface area (Å²) in [5.41, 5.74) is 2.27. The largest absolute Gasteiger partial charge is 0.310 e. The molecule has 1 unspecified atom stereocenters. The van der Waals surface area contributed by atoms with Crippen molar-refractivity contribution in [2.75, 3.05) is 6.54 Å². The lowest BCUT2D eigenvalue weighted by molar-refractivity contribution is 0.243. The molecule has 1 atom stereocenters. The van der Waals surface area contributed by atoms with E-state index >= 15 is 0 Å². The van der Waals surface area contributed by atoms with Crippen molar-refractivity contribution in [2.24, 2.45) is 5.41 Å². The first kappa shape index (κ1) is 13.1. The predicted octanol–water partition coefficient (Wildman–Crippen LogP) is 4.44. The minimum atomic E-state index is 0.540. The number of nitrogens with one attached hydrogen (secondary N) is 1. The fourth-order valence-electron chi connectivity index (χ4n) is 3.71. The molecule has 2 rings (SSSR count). The molecule has 0 spiro atoms. The lowest BCUT2D eigenvalue weighted by Gasteiger charge is -2.38. The van der Waals surface area contributed by atoms with Crippen LogP contribution in [0.5, 0.6) is 0 Å². The van der Waals surface area contributed by atoms with Crippen molar-refractivity contribution >= 4 is 0 Å². The van der Waals surface area contributed by atoms with Crippen LogP contribution in [-0.4, -0.2) is 12.6 Å². The first-order chi connectivity index (χ1) is 8.26. The summed E-state index contributed by atoms with van der Waals surface area (Å²) < 4.78 is 0. The first-order valence-electron chi connectivity index (χ1n) is 7.68. The monoisotopic (exact) mass is 235 g/mol. The summed E-state index contributed by atoms with van der Waals surface area (Å²) in [6.07, 6.45) is 15.0. The molecule has 0 amide bonds. The van der Waals surface area contributed by atoms with Crippen LogP contribution in [0.4, 0.5) is 0 Å². The van der Waals surface area contributed by atoms with Gasteiger partial charge in [-0.1, -0.05) is 38.3 Å². The average molecular weight is 235 g/mol. The summed E-state index contributed by atoms with van der Waals surface area (Å²) in [5, 5.41) is 3.85. The summed E-state index contributed by atoms with van der Waals surface area (Å²) in [5.74, 6) is 0. The van der Waals surface area contributed by atoms with Crippen LogP contribution in [0.1, 0.15) is 71.6 Å². The van der Waals surface area contributed by atoms with E-state index in [0.29, 0.717) is 11.5 Å². The Balaban J connectivity index is 2.08. The van der Waals surface area contributed by atoms with Crippen molar-refractivity contribution in [2.45, 2.75) is 77.7 Å². The van der Waals surface area contributed by atoms with Crippen molar-refractivity contribution in [3.05, 3.63) is 11.6 Å². The van der Waals surface area contributed by atoms with Gasteiger partial charge in [-0.3, -0.25) is 0 Å². The van der Waals surface area contributed by atoms with E-state index in [0.717, 1.165) is 0 Å². The van der Waals surface area contributed by atoms with Crippen LogP contribution < -0.4 is 5.32 Å². The van der Waals surface area contributed by atoms with Crippen LogP contribution in [0.3, 0.4) is 0 Å². The zero-order chi connectivity index (χ0) is 12.1. The fourth-order valence-corrected chi connectivity index (χ4v) is 3.71. The van der Waals surface area contributed by atoms with E-state index in [1.165, 1.54) is 64.3 Å². The molecule has 0 bridgehead atoms. The molecule has 0 heterocycles. The van der Waals surface area contributed by atoms with Crippen LogP contribution in [0, 0.1) is 5.41 Å². The van der Waals surface area contributed by atoms with E-state index in [1.54, 1.807) is 5.57 Å². The third kappa shape index (κ3) is 3.13. The van der Waals surface area contributed by atoms with Gasteiger partial charge in [0.05, 0.1) is 0 Å². The molecule has 1 N–H and O–H groups in total. The Morgan fingerprint density at radius 2 is 2.00 bits per heavy atom. The summed E-state index contributed by atoms with van der Waals surface area (Å²) in [4.78, 5) is 0. The third-order valence-electron chi connectivity index (χ3n) is 4.74. The highest BCUT2D eigenvalue weighted by Gasteiger charge is 2.38. The van der Waals surface area contributed by atoms with Crippen molar-refractivity contribution < 1.29 is 0 Å². The van der Waals surface area contributed by atoms with E-state index in [9.17, 15) is 0 Å². The second kappa shape index (κ2) is 6.04. The molecule has 2 aliphatic carbocycles. The van der Waals surface area contributed by atoms with Gasteiger partial charge >= 0.3 is 0 Å². The average Bonchev–Trinajstić information content (AvgIpc) is 2.79. The second-order valence-corrected chi connectivity index (χ2v) is 6.27. The SMILES string of the molecule is CCCNC(C1=CCCCC1)C1(C)CCCC1. The Bertz CT molecular complexity index is 261.